The van der Waals surface area contributed by atoms with Crippen LogP contribution >= 0.6 is 11.8 Å². The number of aliphatic hydroxyl groups is 3. The molecule has 4 aliphatic rings. The van der Waals surface area contributed by atoms with Gasteiger partial charge in [0.2, 0.25) is 65.0 Å². The third-order valence-electron chi connectivity index (χ3n) is 16.6. The summed E-state index contributed by atoms with van der Waals surface area (Å²) in [6, 6.07) is 1.06. The molecule has 32 nitrogen and oxygen atoms in total. The molecule has 12 atom stereocenters. The molecule has 0 spiro atoms. The summed E-state index contributed by atoms with van der Waals surface area (Å²) in [7, 11) is 0. The van der Waals surface area contributed by atoms with Gasteiger partial charge in [0, 0.05) is 73.3 Å². The maximum atomic E-state index is 15.0. The highest BCUT2D eigenvalue weighted by atomic mass is 32.2. The fourth-order valence-corrected chi connectivity index (χ4v) is 12.1. The van der Waals surface area contributed by atoms with E-state index in [1.165, 1.54) is 13.8 Å². The summed E-state index contributed by atoms with van der Waals surface area (Å²) in [5, 5.41) is 59.1. The number of benzene rings is 2. The Morgan fingerprint density at radius 3 is 2.13 bits per heavy atom. The smallest absolute Gasteiger partial charge is 0.253 e. The second-order valence-electron chi connectivity index (χ2n) is 23.9. The van der Waals surface area contributed by atoms with E-state index in [4.69, 9.17) is 10.5 Å². The van der Waals surface area contributed by atoms with Crippen LogP contribution in [0.4, 0.5) is 5.69 Å². The van der Waals surface area contributed by atoms with Gasteiger partial charge in [-0.25, -0.2) is 0 Å². The number of aliphatic hydroxyl groups excluding tert-OH is 3. The van der Waals surface area contributed by atoms with Crippen LogP contribution in [0.2, 0.25) is 0 Å². The number of amides is 13. The minimum absolute atomic E-state index is 0.0257. The number of rotatable bonds is 20. The Hall–Kier alpha value is -9.31. The maximum absolute atomic E-state index is 15.0. The summed E-state index contributed by atoms with van der Waals surface area (Å²) in [4.78, 5) is 195. The van der Waals surface area contributed by atoms with Gasteiger partial charge in [-0.15, -0.1) is 11.8 Å². The van der Waals surface area contributed by atoms with Gasteiger partial charge >= 0.3 is 0 Å². The van der Waals surface area contributed by atoms with E-state index in [0.717, 1.165) is 33.7 Å². The van der Waals surface area contributed by atoms with Crippen LogP contribution in [0.5, 0.6) is 5.75 Å². The van der Waals surface area contributed by atoms with E-state index in [2.05, 4.69) is 58.2 Å². The van der Waals surface area contributed by atoms with E-state index < -0.39 is 200 Å². The molecule has 1 aromatic heterocycles. The average molecular weight is 1330 g/mol. The minimum atomic E-state index is -2.34. The van der Waals surface area contributed by atoms with Crippen LogP contribution in [0.1, 0.15) is 78.4 Å². The third kappa shape index (κ3) is 18.1. The molecule has 1 saturated heterocycles. The highest BCUT2D eigenvalue weighted by molar-refractivity contribution is 7.99. The monoisotopic (exact) mass is 1330 g/mol. The first kappa shape index (κ1) is 72.1. The van der Waals surface area contributed by atoms with Crippen molar-refractivity contribution in [3.8, 4) is 5.75 Å². The minimum Gasteiger partial charge on any atom is -0.489 e. The number of carbonyl (C=O) groups is 14. The van der Waals surface area contributed by atoms with Crippen molar-refractivity contribution >= 4 is 111 Å². The number of carbonyl (C=O) groups excluding carboxylic acids is 14. The first-order chi connectivity index (χ1) is 44.5. The molecule has 0 saturated carbocycles. The largest absolute Gasteiger partial charge is 0.489 e. The lowest BCUT2D eigenvalue weighted by Crippen LogP contribution is -2.69. The normalized spacial score (nSPS) is 24.3. The van der Waals surface area contributed by atoms with Gasteiger partial charge in [-0.05, 0) is 54.2 Å². The molecule has 13 amide bonds. The number of nitrogens with one attached hydrogen (secondary N) is 11. The quantitative estimate of drug-likeness (QED) is 0.0377. The first-order valence-electron chi connectivity index (χ1n) is 30.5. The number of fused-ring (bicyclic) bond motifs is 5. The van der Waals surface area contributed by atoms with E-state index in [-0.39, 0.29) is 36.6 Å². The van der Waals surface area contributed by atoms with Crippen molar-refractivity contribution in [2.24, 2.45) is 23.5 Å². The van der Waals surface area contributed by atoms with Crippen LogP contribution in [0, 0.1) is 17.8 Å². The zero-order chi connectivity index (χ0) is 68.9. The van der Waals surface area contributed by atoms with Crippen molar-refractivity contribution in [1.29, 1.82) is 0 Å². The van der Waals surface area contributed by atoms with Crippen LogP contribution < -0.4 is 63.6 Å². The van der Waals surface area contributed by atoms with Crippen molar-refractivity contribution in [3.05, 3.63) is 65.7 Å². The summed E-state index contributed by atoms with van der Waals surface area (Å²) in [6.07, 6.45) is -2.54. The van der Waals surface area contributed by atoms with Crippen molar-refractivity contribution < 1.29 is 87.2 Å². The zero-order valence-electron chi connectivity index (χ0n) is 52.5. The van der Waals surface area contributed by atoms with Crippen LogP contribution in [-0.2, 0) is 80.2 Å². The summed E-state index contributed by atoms with van der Waals surface area (Å²) in [5.74, 6) is -13.2. The van der Waals surface area contributed by atoms with Gasteiger partial charge < -0.3 is 83.5 Å². The molecule has 16 N–H and O–H groups in total. The Bertz CT molecular complexity index is 3440. The second-order valence-corrected chi connectivity index (χ2v) is 25.0. The van der Waals surface area contributed by atoms with E-state index in [9.17, 15) is 77.6 Å². The van der Waals surface area contributed by atoms with E-state index in [0.29, 0.717) is 39.9 Å². The topological polar surface area (TPSA) is 477 Å². The molecule has 4 aliphatic heterocycles. The maximum Gasteiger partial charge on any atom is 0.253 e. The van der Waals surface area contributed by atoms with Gasteiger partial charge in [0.25, 0.3) is 11.8 Å². The Morgan fingerprint density at radius 2 is 1.49 bits per heavy atom. The summed E-state index contributed by atoms with van der Waals surface area (Å²) in [5.41, 5.74) is 4.96. The number of nitrogens with zero attached hydrogens (tertiary/aromatic N) is 2. The lowest BCUT2D eigenvalue weighted by atomic mass is 9.92. The first-order valence-corrected chi connectivity index (χ1v) is 31.5. The van der Waals surface area contributed by atoms with E-state index >= 15 is 4.79 Å². The molecule has 0 radical (unpaired) electrons. The van der Waals surface area contributed by atoms with Gasteiger partial charge in [-0.3, -0.25) is 77.3 Å². The van der Waals surface area contributed by atoms with Crippen molar-refractivity contribution in [2.45, 2.75) is 145 Å². The molecule has 33 heteroatoms. The van der Waals surface area contributed by atoms with Gasteiger partial charge in [0.15, 0.2) is 11.9 Å². The van der Waals surface area contributed by atoms with Gasteiger partial charge in [0.1, 0.15) is 48.6 Å². The SMILES string of the molecule is CC[C@H](C)[C@@H]1NC(=O)CNC(=O)[C@@H]2Cc3c([nH]c4cc(OCc5ccc(NC(=O)[C@H](C)NC(=O)[C@@H](NC(=O)CCN6C(=O)C=CC6=O)C(C)C)cc5)ccc34)SCC(NC(=O)CNC1=O)C(=O)N[C@@H](CC(N)=O)C(=O)N1C[C@H](O)CC1(C=O)N[C@@H]([C@@H](C)[C@@H](O)CO)C(=O)N2. The lowest BCUT2D eigenvalue weighted by Gasteiger charge is -2.41. The number of imide groups is 1. The Kier molecular flexibility index (Phi) is 24.6. The molecule has 2 aromatic carbocycles. The number of hydrogen-bond acceptors (Lipinski definition) is 20. The number of aromatic amines is 1. The molecular formula is C61H80N14O18S. The Labute approximate surface area is 543 Å². The van der Waals surface area contributed by atoms with Gasteiger partial charge in [-0.1, -0.05) is 53.2 Å². The summed E-state index contributed by atoms with van der Waals surface area (Å²) >= 11 is 0.931. The fraction of sp³-hybridized carbons (Fsp3) is 0.508. The number of aldehydes is 1. The molecule has 7 rings (SSSR count). The van der Waals surface area contributed by atoms with Gasteiger partial charge in [0.05, 0.1) is 54.9 Å². The molecule has 0 aliphatic carbocycles. The third-order valence-corrected chi connectivity index (χ3v) is 17.7. The predicted molar refractivity (Wildman–Crippen MR) is 334 cm³/mol. The molecular weight excluding hydrogens is 1250 g/mol. The van der Waals surface area contributed by atoms with Crippen molar-refractivity contribution in [2.75, 3.05) is 43.9 Å². The number of thioether (sulfide) groups is 1. The zero-order valence-corrected chi connectivity index (χ0v) is 53.3. The average Bonchev–Trinajstić information content (AvgIpc) is 1.59. The number of anilines is 1. The summed E-state index contributed by atoms with van der Waals surface area (Å²) < 4.78 is 6.21. The molecule has 3 aromatic rings. The number of nitrogens with two attached hydrogens (primary N) is 1. The number of H-pyrrole nitrogens is 1. The van der Waals surface area contributed by atoms with Crippen LogP contribution in [-0.4, -0.2) is 212 Å². The van der Waals surface area contributed by atoms with E-state index in [1.54, 1.807) is 70.2 Å². The lowest BCUT2D eigenvalue weighted by molar-refractivity contribution is -0.147. The van der Waals surface area contributed by atoms with Crippen LogP contribution in [0.3, 0.4) is 0 Å². The Morgan fingerprint density at radius 1 is 0.819 bits per heavy atom. The highest BCUT2D eigenvalue weighted by Crippen LogP contribution is 2.35. The number of ether oxygens (including phenoxy) is 1. The molecule has 2 bridgehead atoms. The van der Waals surface area contributed by atoms with Crippen LogP contribution in [0.15, 0.2) is 59.6 Å². The van der Waals surface area contributed by atoms with Crippen molar-refractivity contribution in [1.82, 2.24) is 62.6 Å². The highest BCUT2D eigenvalue weighted by Gasteiger charge is 2.53. The fourth-order valence-electron chi connectivity index (χ4n) is 10.9. The molecule has 508 valence electrons. The molecule has 5 heterocycles. The van der Waals surface area contributed by atoms with Gasteiger partial charge in [-0.2, -0.15) is 0 Å². The standard InChI is InChI=1S/C61H80N14O18S/c1-7-30(4)51-56(89)64-22-46(82)67-42-27-94-59-38(19-40(54(87)63-23-47(83)72-51)68-58(91)52(31(5)43(79)25-76)73-61(28-77)21-35(78)24-75(61)60(92)41(20-44(62)80)69-55(42)88)37-13-12-36(18-39(37)70-59)93-26-33-8-10-34(11-9-33)66-53(86)32(6)65-57(90)50(29(2)3)71-45(81)16-17-74-48(84)14-15-49(74)85/h8-15,18,28-32,35,40-43,50-52,70,73,76,78-79H,7,16-17,19-27H2,1-6H3,(H2,62,80)(H,63,87)(H,64,89)(H,65,90)(H,66,86)(H,67,82)(H,68,91)(H,69,88)(H,71,81)(H,72,83)/t30-,31-,32-,35+,40-,41-,42?,43-,50-,51-,52-,61?/m0/s1. The number of hydrogen-bond donors (Lipinski definition) is 15. The van der Waals surface area contributed by atoms with Crippen LogP contribution in [0.25, 0.3) is 10.9 Å². The van der Waals surface area contributed by atoms with Crippen molar-refractivity contribution in [3.63, 3.8) is 0 Å². The molecule has 2 unspecified atom stereocenters. The number of aromatic nitrogens is 1. The van der Waals surface area contributed by atoms with E-state index in [1.807, 2.05) is 0 Å². The Balaban J connectivity index is 1.18. The number of primary amides is 1. The second kappa shape index (κ2) is 32.0. The predicted octanol–water partition coefficient (Wildman–Crippen LogP) is -4.16. The molecule has 94 heavy (non-hydrogen) atoms. The molecule has 1 fully saturated rings. The summed E-state index contributed by atoms with van der Waals surface area (Å²) in [6.45, 7) is 6.35.